The van der Waals surface area contributed by atoms with E-state index in [0.29, 0.717) is 19.6 Å². The Kier molecular flexibility index (Phi) is 6.26. The van der Waals surface area contributed by atoms with Gasteiger partial charge >= 0.3 is 6.03 Å². The van der Waals surface area contributed by atoms with Gasteiger partial charge in [-0.1, -0.05) is 35.9 Å². The smallest absolute Gasteiger partial charge is 0.321 e. The minimum absolute atomic E-state index is 0.00183. The van der Waals surface area contributed by atoms with E-state index < -0.39 is 5.41 Å². The number of rotatable bonds is 4. The molecule has 1 heterocycles. The lowest BCUT2D eigenvalue weighted by atomic mass is 9.81. The molecule has 0 spiro atoms. The van der Waals surface area contributed by atoms with Gasteiger partial charge in [-0.25, -0.2) is 4.79 Å². The lowest BCUT2D eigenvalue weighted by Crippen LogP contribution is -2.52. The first-order chi connectivity index (χ1) is 13.7. The predicted molar refractivity (Wildman–Crippen MR) is 117 cm³/mol. The Morgan fingerprint density at radius 1 is 1.00 bits per heavy atom. The monoisotopic (exact) mass is 393 g/mol. The third-order valence-electron chi connectivity index (χ3n) is 5.58. The van der Waals surface area contributed by atoms with Crippen LogP contribution in [0.5, 0.6) is 0 Å². The van der Waals surface area contributed by atoms with E-state index in [1.54, 1.807) is 4.90 Å². The highest BCUT2D eigenvalue weighted by Gasteiger charge is 2.39. The highest BCUT2D eigenvalue weighted by molar-refractivity contribution is 5.90. The molecule has 2 aromatic carbocycles. The lowest BCUT2D eigenvalue weighted by molar-refractivity contribution is -0.132. The summed E-state index contributed by atoms with van der Waals surface area (Å²) in [7, 11) is 0. The van der Waals surface area contributed by atoms with Crippen molar-refractivity contribution in [3.8, 4) is 0 Å². The summed E-state index contributed by atoms with van der Waals surface area (Å²) in [4.78, 5) is 27.5. The standard InChI is InChI=1S/C24H31N3O2/c1-17-6-8-20(9-7-17)15-25-22(28)24(4)10-5-11-27(16-24)23(29)26-21-13-18(2)12-19(3)14-21/h6-9,12-14H,5,10-11,15-16H2,1-4H3,(H,25,28)(H,26,29)/t24-/m0/s1. The van der Waals surface area contributed by atoms with E-state index in [9.17, 15) is 9.59 Å². The second-order valence-corrected chi connectivity index (χ2v) is 8.56. The number of hydrogen-bond acceptors (Lipinski definition) is 2. The number of piperidine rings is 1. The van der Waals surface area contributed by atoms with Crippen LogP contribution in [0.2, 0.25) is 0 Å². The second kappa shape index (κ2) is 8.68. The molecule has 1 aliphatic rings. The summed E-state index contributed by atoms with van der Waals surface area (Å²) in [5.41, 5.74) is 4.71. The molecule has 2 aromatic rings. The van der Waals surface area contributed by atoms with Gasteiger partial charge in [-0.05, 0) is 69.4 Å². The number of urea groups is 1. The fraction of sp³-hybridized carbons (Fsp3) is 0.417. The number of nitrogens with one attached hydrogen (secondary N) is 2. The van der Waals surface area contributed by atoms with Crippen molar-refractivity contribution in [2.75, 3.05) is 18.4 Å². The number of carbonyl (C=O) groups is 2. The summed E-state index contributed by atoms with van der Waals surface area (Å²) in [5.74, 6) is 0.00183. The first-order valence-electron chi connectivity index (χ1n) is 10.2. The molecule has 0 bridgehead atoms. The van der Waals surface area contributed by atoms with Crippen molar-refractivity contribution >= 4 is 17.6 Å². The van der Waals surface area contributed by atoms with E-state index in [4.69, 9.17) is 0 Å². The molecule has 1 atom stereocenters. The van der Waals surface area contributed by atoms with Gasteiger partial charge in [0.15, 0.2) is 0 Å². The molecule has 1 aliphatic heterocycles. The normalized spacial score (nSPS) is 19.0. The fourth-order valence-corrected chi connectivity index (χ4v) is 3.95. The maximum absolute atomic E-state index is 12.9. The van der Waals surface area contributed by atoms with Crippen molar-refractivity contribution in [3.63, 3.8) is 0 Å². The minimum atomic E-state index is -0.581. The average Bonchev–Trinajstić information content (AvgIpc) is 2.66. The first kappa shape index (κ1) is 20.9. The number of nitrogens with zero attached hydrogens (tertiary/aromatic N) is 1. The number of aryl methyl sites for hydroxylation is 3. The number of likely N-dealkylation sites (tertiary alicyclic amines) is 1. The molecule has 0 radical (unpaired) electrons. The molecule has 5 nitrogen and oxygen atoms in total. The summed E-state index contributed by atoms with van der Waals surface area (Å²) in [6.45, 7) is 9.61. The molecular formula is C24H31N3O2. The first-order valence-corrected chi connectivity index (χ1v) is 10.2. The molecule has 0 aliphatic carbocycles. The summed E-state index contributed by atoms with van der Waals surface area (Å²) in [5, 5.41) is 6.04. The quantitative estimate of drug-likeness (QED) is 0.800. The van der Waals surface area contributed by atoms with Crippen LogP contribution in [-0.2, 0) is 11.3 Å². The molecule has 5 heteroatoms. The van der Waals surface area contributed by atoms with Gasteiger partial charge in [-0.2, -0.15) is 0 Å². The maximum atomic E-state index is 12.9. The van der Waals surface area contributed by atoms with Gasteiger partial charge in [0.2, 0.25) is 5.91 Å². The van der Waals surface area contributed by atoms with Gasteiger partial charge in [0.25, 0.3) is 0 Å². The number of hydrogen-bond donors (Lipinski definition) is 2. The zero-order valence-electron chi connectivity index (χ0n) is 17.8. The zero-order valence-corrected chi connectivity index (χ0v) is 17.8. The Morgan fingerprint density at radius 3 is 2.31 bits per heavy atom. The third kappa shape index (κ3) is 5.37. The number of anilines is 1. The zero-order chi connectivity index (χ0) is 21.0. The molecule has 2 N–H and O–H groups in total. The Bertz CT molecular complexity index is 871. The summed E-state index contributed by atoms with van der Waals surface area (Å²) >= 11 is 0. The van der Waals surface area contributed by atoms with Gasteiger partial charge in [-0.15, -0.1) is 0 Å². The molecule has 1 fully saturated rings. The van der Waals surface area contributed by atoms with Crippen molar-refractivity contribution in [2.24, 2.45) is 5.41 Å². The summed E-state index contributed by atoms with van der Waals surface area (Å²) < 4.78 is 0. The van der Waals surface area contributed by atoms with E-state index in [-0.39, 0.29) is 11.9 Å². The number of amides is 3. The largest absolute Gasteiger partial charge is 0.351 e. The summed E-state index contributed by atoms with van der Waals surface area (Å²) in [6.07, 6.45) is 1.59. The predicted octanol–water partition coefficient (Wildman–Crippen LogP) is 4.56. The number of carbonyl (C=O) groups excluding carboxylic acids is 2. The average molecular weight is 394 g/mol. The van der Waals surface area contributed by atoms with Gasteiger partial charge in [0.1, 0.15) is 0 Å². The fourth-order valence-electron chi connectivity index (χ4n) is 3.95. The molecule has 0 unspecified atom stereocenters. The van der Waals surface area contributed by atoms with Gasteiger partial charge in [0.05, 0.1) is 5.41 Å². The Hall–Kier alpha value is -2.82. The van der Waals surface area contributed by atoms with Crippen LogP contribution in [0.15, 0.2) is 42.5 Å². The van der Waals surface area contributed by atoms with E-state index in [1.807, 2.05) is 64.1 Å². The van der Waals surface area contributed by atoms with E-state index in [2.05, 4.69) is 16.7 Å². The van der Waals surface area contributed by atoms with Crippen LogP contribution in [0.1, 0.15) is 42.0 Å². The van der Waals surface area contributed by atoms with E-state index >= 15 is 0 Å². The molecule has 1 saturated heterocycles. The van der Waals surface area contributed by atoms with E-state index in [1.165, 1.54) is 5.56 Å². The molecular weight excluding hydrogens is 362 g/mol. The molecule has 29 heavy (non-hydrogen) atoms. The van der Waals surface area contributed by atoms with Gasteiger partial charge < -0.3 is 15.5 Å². The molecule has 154 valence electrons. The van der Waals surface area contributed by atoms with Crippen LogP contribution in [0.3, 0.4) is 0 Å². The van der Waals surface area contributed by atoms with Crippen LogP contribution >= 0.6 is 0 Å². The van der Waals surface area contributed by atoms with Crippen LogP contribution in [0, 0.1) is 26.2 Å². The highest BCUT2D eigenvalue weighted by Crippen LogP contribution is 2.30. The van der Waals surface area contributed by atoms with Crippen LogP contribution < -0.4 is 10.6 Å². The van der Waals surface area contributed by atoms with Crippen molar-refractivity contribution < 1.29 is 9.59 Å². The van der Waals surface area contributed by atoms with Crippen molar-refractivity contribution in [1.29, 1.82) is 0 Å². The van der Waals surface area contributed by atoms with E-state index in [0.717, 1.165) is 35.2 Å². The van der Waals surface area contributed by atoms with Crippen molar-refractivity contribution in [3.05, 3.63) is 64.7 Å². The minimum Gasteiger partial charge on any atom is -0.351 e. The van der Waals surface area contributed by atoms with Crippen LogP contribution in [0.4, 0.5) is 10.5 Å². The lowest BCUT2D eigenvalue weighted by Gasteiger charge is -2.39. The molecule has 0 aromatic heterocycles. The second-order valence-electron chi connectivity index (χ2n) is 8.56. The topological polar surface area (TPSA) is 61.4 Å². The Balaban J connectivity index is 1.60. The number of benzene rings is 2. The molecule has 3 amide bonds. The summed E-state index contributed by atoms with van der Waals surface area (Å²) in [6, 6.07) is 14.0. The molecule has 0 saturated carbocycles. The van der Waals surface area contributed by atoms with Gasteiger partial charge in [-0.3, -0.25) is 4.79 Å². The van der Waals surface area contributed by atoms with Crippen LogP contribution in [0.25, 0.3) is 0 Å². The highest BCUT2D eigenvalue weighted by atomic mass is 16.2. The molecule has 3 rings (SSSR count). The third-order valence-corrected chi connectivity index (χ3v) is 5.58. The Morgan fingerprint density at radius 2 is 1.66 bits per heavy atom. The SMILES string of the molecule is Cc1ccc(CNC(=O)[C@@]2(C)CCCN(C(=O)Nc3cc(C)cc(C)c3)C2)cc1. The van der Waals surface area contributed by atoms with Crippen molar-refractivity contribution in [1.82, 2.24) is 10.2 Å². The van der Waals surface area contributed by atoms with Gasteiger partial charge in [0, 0.05) is 25.3 Å². The van der Waals surface area contributed by atoms with Crippen LogP contribution in [-0.4, -0.2) is 29.9 Å². The maximum Gasteiger partial charge on any atom is 0.321 e. The van der Waals surface area contributed by atoms with Crippen molar-refractivity contribution in [2.45, 2.75) is 47.1 Å². The Labute approximate surface area is 173 Å².